The van der Waals surface area contributed by atoms with Gasteiger partial charge in [0.1, 0.15) is 0 Å². The molecule has 5 heteroatoms. The van der Waals surface area contributed by atoms with Crippen LogP contribution in [-0.4, -0.2) is 23.6 Å². The molecule has 0 saturated carbocycles. The first-order chi connectivity index (χ1) is 10.3. The molecular weight excluding hydrogens is 282 g/mol. The number of benzene rings is 2. The van der Waals surface area contributed by atoms with Gasteiger partial charge in [-0.1, -0.05) is 36.4 Å². The first-order valence-electron chi connectivity index (χ1n) is 6.86. The van der Waals surface area contributed by atoms with Gasteiger partial charge in [0.05, 0.1) is 17.4 Å². The van der Waals surface area contributed by atoms with E-state index in [1.807, 2.05) is 65.7 Å². The topological polar surface area (TPSA) is 44.4 Å². The first kappa shape index (κ1) is 14.0. The summed E-state index contributed by atoms with van der Waals surface area (Å²) in [6.07, 6.45) is 0. The highest BCUT2D eigenvalue weighted by Crippen LogP contribution is 2.22. The van der Waals surface area contributed by atoms with Gasteiger partial charge >= 0.3 is 0 Å². The number of hydrogen-bond acceptors (Lipinski definition) is 4. The average Bonchev–Trinajstić information content (AvgIpc) is 3.09. The Kier molecular flexibility index (Phi) is 4.43. The first-order valence-corrected chi connectivity index (χ1v) is 8.02. The van der Waals surface area contributed by atoms with Gasteiger partial charge in [-0.25, -0.2) is 0 Å². The molecule has 1 atom stereocenters. The van der Waals surface area contributed by atoms with Crippen molar-refractivity contribution in [3.05, 3.63) is 60.7 Å². The van der Waals surface area contributed by atoms with Gasteiger partial charge in [-0.2, -0.15) is 0 Å². The predicted molar refractivity (Wildman–Crippen MR) is 87.4 cm³/mol. The lowest BCUT2D eigenvalue weighted by molar-refractivity contribution is -0.122. The van der Waals surface area contributed by atoms with Gasteiger partial charge in [-0.3, -0.25) is 20.5 Å². The van der Waals surface area contributed by atoms with Crippen molar-refractivity contribution in [1.29, 1.82) is 0 Å². The van der Waals surface area contributed by atoms with Gasteiger partial charge < -0.3 is 0 Å². The normalized spacial score (nSPS) is 17.4. The van der Waals surface area contributed by atoms with Crippen LogP contribution in [0.25, 0.3) is 0 Å². The Morgan fingerprint density at radius 2 is 1.62 bits per heavy atom. The van der Waals surface area contributed by atoms with Crippen LogP contribution in [0.1, 0.15) is 0 Å². The van der Waals surface area contributed by atoms with E-state index in [1.54, 1.807) is 11.8 Å². The van der Waals surface area contributed by atoms with E-state index in [9.17, 15) is 4.79 Å². The second-order valence-corrected chi connectivity index (χ2v) is 5.78. The summed E-state index contributed by atoms with van der Waals surface area (Å²) in [7, 11) is 0. The number of carbonyl (C=O) groups is 1. The van der Waals surface area contributed by atoms with Crippen LogP contribution in [0.15, 0.2) is 60.7 Å². The third-order valence-electron chi connectivity index (χ3n) is 3.28. The predicted octanol–water partition coefficient (Wildman–Crippen LogP) is 2.52. The van der Waals surface area contributed by atoms with E-state index in [1.165, 1.54) is 0 Å². The van der Waals surface area contributed by atoms with Crippen molar-refractivity contribution >= 4 is 29.0 Å². The van der Waals surface area contributed by atoms with Crippen molar-refractivity contribution in [3.8, 4) is 0 Å². The second kappa shape index (κ2) is 6.65. The average molecular weight is 299 g/mol. The number of nitrogens with one attached hydrogen (secondary N) is 2. The van der Waals surface area contributed by atoms with Crippen LogP contribution in [0, 0.1) is 0 Å². The number of thioether (sulfide) groups is 1. The third-order valence-corrected chi connectivity index (χ3v) is 4.22. The van der Waals surface area contributed by atoms with Crippen LogP contribution in [-0.2, 0) is 4.79 Å². The van der Waals surface area contributed by atoms with Crippen molar-refractivity contribution in [3.63, 3.8) is 0 Å². The van der Waals surface area contributed by atoms with Crippen molar-refractivity contribution in [2.24, 2.45) is 0 Å². The van der Waals surface area contributed by atoms with E-state index in [-0.39, 0.29) is 11.9 Å². The maximum Gasteiger partial charge on any atom is 0.256 e. The molecule has 1 aliphatic heterocycles. The minimum atomic E-state index is -0.134. The summed E-state index contributed by atoms with van der Waals surface area (Å²) in [4.78, 5) is 12.4. The molecule has 3 rings (SSSR count). The van der Waals surface area contributed by atoms with Gasteiger partial charge in [0.2, 0.25) is 0 Å². The number of para-hydroxylation sites is 2. The van der Waals surface area contributed by atoms with Crippen molar-refractivity contribution in [1.82, 2.24) is 10.7 Å². The highest BCUT2D eigenvalue weighted by atomic mass is 32.2. The van der Waals surface area contributed by atoms with E-state index < -0.39 is 0 Å². The fourth-order valence-corrected chi connectivity index (χ4v) is 3.13. The summed E-state index contributed by atoms with van der Waals surface area (Å²) < 4.78 is 0. The monoisotopic (exact) mass is 299 g/mol. The second-order valence-electron chi connectivity index (χ2n) is 4.75. The molecule has 0 aliphatic carbocycles. The van der Waals surface area contributed by atoms with Crippen LogP contribution >= 0.6 is 11.8 Å². The molecule has 0 spiro atoms. The standard InChI is InChI=1S/C16H17N3OS/c20-16(15-11-21-12-17-15)18-19(13-7-3-1-4-8-13)14-9-5-2-6-10-14/h1-10,15,17H,11-12H2,(H,18,20). The maximum absolute atomic E-state index is 12.4. The lowest BCUT2D eigenvalue weighted by Gasteiger charge is -2.26. The summed E-state index contributed by atoms with van der Waals surface area (Å²) in [5.74, 6) is 1.63. The summed E-state index contributed by atoms with van der Waals surface area (Å²) in [6, 6.07) is 19.5. The number of hydrogen-bond donors (Lipinski definition) is 2. The van der Waals surface area contributed by atoms with Crippen molar-refractivity contribution in [2.45, 2.75) is 6.04 Å². The maximum atomic E-state index is 12.4. The molecule has 0 bridgehead atoms. The zero-order chi connectivity index (χ0) is 14.5. The Labute approximate surface area is 128 Å². The molecule has 108 valence electrons. The fraction of sp³-hybridized carbons (Fsp3) is 0.188. The minimum Gasteiger partial charge on any atom is -0.296 e. The largest absolute Gasteiger partial charge is 0.296 e. The van der Waals surface area contributed by atoms with Gasteiger partial charge in [-0.05, 0) is 24.3 Å². The molecular formula is C16H17N3OS. The molecule has 4 nitrogen and oxygen atoms in total. The number of rotatable bonds is 4. The Morgan fingerprint density at radius 1 is 1.05 bits per heavy atom. The summed E-state index contributed by atoms with van der Waals surface area (Å²) >= 11 is 1.74. The summed E-state index contributed by atoms with van der Waals surface area (Å²) in [5, 5.41) is 5.02. The zero-order valence-electron chi connectivity index (χ0n) is 11.5. The molecule has 1 heterocycles. The van der Waals surface area contributed by atoms with Crippen LogP contribution in [0.3, 0.4) is 0 Å². The number of hydrazine groups is 1. The van der Waals surface area contributed by atoms with Gasteiger partial charge in [0, 0.05) is 11.6 Å². The molecule has 2 aromatic rings. The quantitative estimate of drug-likeness (QED) is 0.852. The molecule has 0 radical (unpaired) electrons. The van der Waals surface area contributed by atoms with Crippen molar-refractivity contribution < 1.29 is 4.79 Å². The molecule has 1 unspecified atom stereocenters. The van der Waals surface area contributed by atoms with E-state index in [2.05, 4.69) is 10.7 Å². The lowest BCUT2D eigenvalue weighted by atomic mass is 10.2. The van der Waals surface area contributed by atoms with Crippen LogP contribution in [0.2, 0.25) is 0 Å². The third kappa shape index (κ3) is 3.37. The molecule has 1 fully saturated rings. The molecule has 2 N–H and O–H groups in total. The highest BCUT2D eigenvalue weighted by molar-refractivity contribution is 7.99. The van der Waals surface area contributed by atoms with Gasteiger partial charge in [0.25, 0.3) is 5.91 Å². The summed E-state index contributed by atoms with van der Waals surface area (Å²) in [6.45, 7) is 0. The van der Waals surface area contributed by atoms with Crippen LogP contribution in [0.5, 0.6) is 0 Å². The highest BCUT2D eigenvalue weighted by Gasteiger charge is 2.24. The molecule has 0 aromatic heterocycles. The molecule has 1 saturated heterocycles. The van der Waals surface area contributed by atoms with Gasteiger partial charge in [-0.15, -0.1) is 11.8 Å². The molecule has 21 heavy (non-hydrogen) atoms. The van der Waals surface area contributed by atoms with E-state index >= 15 is 0 Å². The SMILES string of the molecule is O=C(NN(c1ccccc1)c1ccccc1)C1CSCN1. The molecule has 1 amide bonds. The Bertz CT molecular complexity index is 545. The van der Waals surface area contributed by atoms with Gasteiger partial charge in [0.15, 0.2) is 0 Å². The number of anilines is 2. The molecule has 2 aromatic carbocycles. The Hall–Kier alpha value is -1.98. The Balaban J connectivity index is 1.84. The number of nitrogens with zero attached hydrogens (tertiary/aromatic N) is 1. The van der Waals surface area contributed by atoms with E-state index in [4.69, 9.17) is 0 Å². The number of amides is 1. The smallest absolute Gasteiger partial charge is 0.256 e. The molecule has 1 aliphatic rings. The van der Waals surface area contributed by atoms with Crippen LogP contribution in [0.4, 0.5) is 11.4 Å². The Morgan fingerprint density at radius 3 is 2.10 bits per heavy atom. The number of carbonyl (C=O) groups excluding carboxylic acids is 1. The lowest BCUT2D eigenvalue weighted by Crippen LogP contribution is -2.48. The van der Waals surface area contributed by atoms with E-state index in [0.29, 0.717) is 0 Å². The minimum absolute atomic E-state index is 0.00675. The van der Waals surface area contributed by atoms with Crippen LogP contribution < -0.4 is 15.8 Å². The fourth-order valence-electron chi connectivity index (χ4n) is 2.18. The van der Waals surface area contributed by atoms with Crippen molar-refractivity contribution in [2.75, 3.05) is 16.6 Å². The van der Waals surface area contributed by atoms with E-state index in [0.717, 1.165) is 23.0 Å². The summed E-state index contributed by atoms with van der Waals surface area (Å²) in [5.41, 5.74) is 4.88. The zero-order valence-corrected chi connectivity index (χ0v) is 12.3.